The maximum absolute atomic E-state index is 13.6. The van der Waals surface area contributed by atoms with Crippen molar-refractivity contribution in [2.75, 3.05) is 23.8 Å². The molecule has 3 aliphatic rings. The highest BCUT2D eigenvalue weighted by Gasteiger charge is 2.52. The Labute approximate surface area is 193 Å². The Morgan fingerprint density at radius 3 is 2.53 bits per heavy atom. The van der Waals surface area contributed by atoms with E-state index in [2.05, 4.69) is 16.0 Å². The van der Waals surface area contributed by atoms with Crippen LogP contribution in [0.3, 0.4) is 0 Å². The van der Waals surface area contributed by atoms with Crippen LogP contribution in [0.25, 0.3) is 0 Å². The third-order valence-electron chi connectivity index (χ3n) is 6.35. The summed E-state index contributed by atoms with van der Waals surface area (Å²) in [6.07, 6.45) is -1.99. The molecule has 2 aliphatic heterocycles. The zero-order valence-corrected chi connectivity index (χ0v) is 18.3. The summed E-state index contributed by atoms with van der Waals surface area (Å²) in [5.74, 6) is -1.71. The van der Waals surface area contributed by atoms with Crippen molar-refractivity contribution in [1.29, 1.82) is 0 Å². The molecular formula is C22H25F3N4O5. The smallest absolute Gasteiger partial charge is 0.368 e. The predicted molar refractivity (Wildman–Crippen MR) is 114 cm³/mol. The van der Waals surface area contributed by atoms with Crippen LogP contribution in [0.5, 0.6) is 0 Å². The van der Waals surface area contributed by atoms with E-state index >= 15 is 0 Å². The van der Waals surface area contributed by atoms with Crippen molar-refractivity contribution in [2.24, 2.45) is 0 Å². The van der Waals surface area contributed by atoms with Crippen LogP contribution in [-0.2, 0) is 25.3 Å². The molecule has 1 unspecified atom stereocenters. The Bertz CT molecular complexity index is 1000. The molecule has 1 aromatic rings. The highest BCUT2D eigenvalue weighted by Crippen LogP contribution is 2.37. The van der Waals surface area contributed by atoms with Crippen molar-refractivity contribution in [3.8, 4) is 0 Å². The molecule has 1 aliphatic carbocycles. The summed E-state index contributed by atoms with van der Waals surface area (Å²) >= 11 is 0. The van der Waals surface area contributed by atoms with E-state index in [0.717, 1.165) is 29.9 Å². The van der Waals surface area contributed by atoms with Gasteiger partial charge < -0.3 is 20.7 Å². The number of benzene rings is 1. The van der Waals surface area contributed by atoms with Gasteiger partial charge in [0, 0.05) is 25.3 Å². The first kappa shape index (κ1) is 24.0. The van der Waals surface area contributed by atoms with Gasteiger partial charge in [-0.2, -0.15) is 13.2 Å². The van der Waals surface area contributed by atoms with Crippen LogP contribution in [0.2, 0.25) is 0 Å². The van der Waals surface area contributed by atoms with Gasteiger partial charge in [-0.25, -0.2) is 4.79 Å². The number of nitrogens with zero attached hydrogens (tertiary/aromatic N) is 1. The fourth-order valence-corrected chi connectivity index (χ4v) is 4.60. The zero-order valence-electron chi connectivity index (χ0n) is 18.3. The lowest BCUT2D eigenvalue weighted by Crippen LogP contribution is -2.44. The molecule has 3 N–H and O–H groups in total. The standard InChI is InChI=1S/C22H25F3N4O5/c23-22(24,25)14-12-13(26-18(31)16-4-3-11-34-16)5-6-15(14)27-17(30)7-10-29-19(32)21(28-20(29)33)8-1-2-9-21/h5-6,12,16H,1-4,7-11H2,(H,26,31)(H,27,30)(H,28,33). The van der Waals surface area contributed by atoms with Gasteiger partial charge in [0.2, 0.25) is 5.91 Å². The van der Waals surface area contributed by atoms with Gasteiger partial charge in [0.05, 0.1) is 11.3 Å². The van der Waals surface area contributed by atoms with Crippen LogP contribution in [0.4, 0.5) is 29.3 Å². The minimum atomic E-state index is -4.80. The first-order chi connectivity index (χ1) is 16.1. The molecule has 0 radical (unpaired) electrons. The Morgan fingerprint density at radius 2 is 1.88 bits per heavy atom. The molecule has 0 aromatic heterocycles. The van der Waals surface area contributed by atoms with Gasteiger partial charge in [0.15, 0.2) is 0 Å². The highest BCUT2D eigenvalue weighted by atomic mass is 19.4. The number of hydrogen-bond donors (Lipinski definition) is 3. The first-order valence-corrected chi connectivity index (χ1v) is 11.2. The van der Waals surface area contributed by atoms with Gasteiger partial charge in [-0.05, 0) is 43.9 Å². The summed E-state index contributed by atoms with van der Waals surface area (Å²) in [4.78, 5) is 50.3. The van der Waals surface area contributed by atoms with Crippen LogP contribution in [0.15, 0.2) is 18.2 Å². The lowest BCUT2D eigenvalue weighted by molar-refractivity contribution is -0.137. The fourth-order valence-electron chi connectivity index (χ4n) is 4.60. The molecule has 9 nitrogen and oxygen atoms in total. The van der Waals surface area contributed by atoms with Crippen LogP contribution >= 0.6 is 0 Å². The number of alkyl halides is 3. The quantitative estimate of drug-likeness (QED) is 0.539. The second kappa shape index (κ2) is 9.24. The van der Waals surface area contributed by atoms with Crippen LogP contribution < -0.4 is 16.0 Å². The Balaban J connectivity index is 1.40. The van der Waals surface area contributed by atoms with Crippen LogP contribution in [-0.4, -0.2) is 53.4 Å². The van der Waals surface area contributed by atoms with Gasteiger partial charge in [-0.3, -0.25) is 19.3 Å². The monoisotopic (exact) mass is 482 g/mol. The molecule has 1 aromatic carbocycles. The average Bonchev–Trinajstić information content (AvgIpc) is 3.50. The highest BCUT2D eigenvalue weighted by molar-refractivity contribution is 6.07. The molecule has 1 spiro atoms. The average molecular weight is 482 g/mol. The lowest BCUT2D eigenvalue weighted by atomic mass is 9.98. The number of rotatable bonds is 6. The maximum Gasteiger partial charge on any atom is 0.418 e. The number of imide groups is 1. The Morgan fingerprint density at radius 1 is 1.15 bits per heavy atom. The molecule has 34 heavy (non-hydrogen) atoms. The number of amides is 5. The molecule has 2 heterocycles. The molecule has 3 fully saturated rings. The first-order valence-electron chi connectivity index (χ1n) is 11.2. The third kappa shape index (κ3) is 4.86. The molecule has 0 bridgehead atoms. The Hall–Kier alpha value is -3.15. The molecule has 184 valence electrons. The predicted octanol–water partition coefficient (Wildman–Crippen LogP) is 3.02. The number of urea groups is 1. The second-order valence-corrected chi connectivity index (χ2v) is 8.72. The molecule has 4 rings (SSSR count). The third-order valence-corrected chi connectivity index (χ3v) is 6.35. The number of ether oxygens (including phenoxy) is 1. The molecule has 5 amide bonds. The van der Waals surface area contributed by atoms with Crippen molar-refractivity contribution in [3.05, 3.63) is 23.8 Å². The van der Waals surface area contributed by atoms with Crippen molar-refractivity contribution in [1.82, 2.24) is 10.2 Å². The maximum atomic E-state index is 13.6. The van der Waals surface area contributed by atoms with Crippen LogP contribution in [0.1, 0.15) is 50.5 Å². The summed E-state index contributed by atoms with van der Waals surface area (Å²) in [5, 5.41) is 7.30. The van der Waals surface area contributed by atoms with Crippen molar-refractivity contribution in [2.45, 2.75) is 62.8 Å². The van der Waals surface area contributed by atoms with E-state index in [4.69, 9.17) is 4.74 Å². The topological polar surface area (TPSA) is 117 Å². The molecule has 2 saturated heterocycles. The van der Waals surface area contributed by atoms with Gasteiger partial charge in [0.25, 0.3) is 11.8 Å². The van der Waals surface area contributed by atoms with Gasteiger partial charge in [-0.1, -0.05) is 12.8 Å². The van der Waals surface area contributed by atoms with E-state index in [1.165, 1.54) is 6.07 Å². The van der Waals surface area contributed by atoms with E-state index in [1.54, 1.807) is 0 Å². The lowest BCUT2D eigenvalue weighted by Gasteiger charge is -2.20. The summed E-state index contributed by atoms with van der Waals surface area (Å²) in [5.41, 5.74) is -2.61. The van der Waals surface area contributed by atoms with E-state index < -0.39 is 52.8 Å². The van der Waals surface area contributed by atoms with E-state index in [0.29, 0.717) is 32.3 Å². The van der Waals surface area contributed by atoms with Crippen LogP contribution in [0, 0.1) is 0 Å². The largest absolute Gasteiger partial charge is 0.418 e. The minimum Gasteiger partial charge on any atom is -0.368 e. The molecular weight excluding hydrogens is 457 g/mol. The number of carbonyl (C=O) groups is 4. The Kier molecular flexibility index (Phi) is 6.52. The summed E-state index contributed by atoms with van der Waals surface area (Å²) in [6.45, 7) is 0.178. The van der Waals surface area contributed by atoms with E-state index in [-0.39, 0.29) is 18.7 Å². The van der Waals surface area contributed by atoms with Gasteiger partial charge >= 0.3 is 12.2 Å². The fraction of sp³-hybridized carbons (Fsp3) is 0.545. The van der Waals surface area contributed by atoms with Gasteiger partial charge in [-0.15, -0.1) is 0 Å². The number of halogens is 3. The van der Waals surface area contributed by atoms with E-state index in [9.17, 15) is 32.3 Å². The van der Waals surface area contributed by atoms with Crippen molar-refractivity contribution >= 4 is 35.1 Å². The van der Waals surface area contributed by atoms with Crippen molar-refractivity contribution < 1.29 is 37.1 Å². The molecule has 12 heteroatoms. The summed E-state index contributed by atoms with van der Waals surface area (Å²) < 4.78 is 46.1. The molecule has 1 atom stereocenters. The number of carbonyl (C=O) groups excluding carboxylic acids is 4. The SMILES string of the molecule is O=C(CCN1C(=O)NC2(CCCC2)C1=O)Nc1ccc(NC(=O)C2CCCO2)cc1C(F)(F)F. The molecule has 1 saturated carbocycles. The second-order valence-electron chi connectivity index (χ2n) is 8.72. The normalized spacial score (nSPS) is 21.7. The summed E-state index contributed by atoms with van der Waals surface area (Å²) in [7, 11) is 0. The van der Waals surface area contributed by atoms with Gasteiger partial charge in [0.1, 0.15) is 11.6 Å². The summed E-state index contributed by atoms with van der Waals surface area (Å²) in [6, 6.07) is 2.44. The number of hydrogen-bond acceptors (Lipinski definition) is 5. The zero-order chi connectivity index (χ0) is 24.5. The van der Waals surface area contributed by atoms with E-state index in [1.807, 2.05) is 0 Å². The number of anilines is 2. The minimum absolute atomic E-state index is 0.0768. The number of nitrogens with one attached hydrogen (secondary N) is 3. The van der Waals surface area contributed by atoms with Crippen molar-refractivity contribution in [3.63, 3.8) is 0 Å².